The predicted octanol–water partition coefficient (Wildman–Crippen LogP) is 0.873. The van der Waals surface area contributed by atoms with Crippen molar-refractivity contribution < 1.29 is 9.32 Å². The van der Waals surface area contributed by atoms with Gasteiger partial charge in [-0.1, -0.05) is 5.16 Å². The Hall–Kier alpha value is -2.11. The summed E-state index contributed by atoms with van der Waals surface area (Å²) in [6.45, 7) is 4.10. The molecule has 6 heteroatoms. The summed E-state index contributed by atoms with van der Waals surface area (Å²) in [4.78, 5) is 11.7. The van der Waals surface area contributed by atoms with Gasteiger partial charge in [-0.15, -0.1) is 0 Å². The molecule has 2 heterocycles. The largest absolute Gasteiger partial charge is 0.361 e. The third-order valence-corrected chi connectivity index (χ3v) is 2.56. The first-order valence-electron chi connectivity index (χ1n) is 5.33. The summed E-state index contributed by atoms with van der Waals surface area (Å²) in [6, 6.07) is 0. The summed E-state index contributed by atoms with van der Waals surface area (Å²) >= 11 is 0. The summed E-state index contributed by atoms with van der Waals surface area (Å²) in [5.74, 6) is 0.640. The maximum absolute atomic E-state index is 11.7. The van der Waals surface area contributed by atoms with Crippen LogP contribution in [0.5, 0.6) is 0 Å². The smallest absolute Gasteiger partial charge is 0.224 e. The average Bonchev–Trinajstić information content (AvgIpc) is 2.91. The number of aromatic nitrogens is 3. The first-order chi connectivity index (χ1) is 8.16. The van der Waals surface area contributed by atoms with Gasteiger partial charge in [0, 0.05) is 23.9 Å². The normalized spacial score (nSPS) is 10.5. The molecule has 0 atom stereocenters. The van der Waals surface area contributed by atoms with E-state index in [2.05, 4.69) is 20.7 Å². The summed E-state index contributed by atoms with van der Waals surface area (Å²) in [7, 11) is 0. The molecule has 0 aromatic carbocycles. The average molecular weight is 234 g/mol. The molecule has 0 aliphatic rings. The van der Waals surface area contributed by atoms with Crippen molar-refractivity contribution in [3.05, 3.63) is 35.0 Å². The highest BCUT2D eigenvalue weighted by molar-refractivity contribution is 5.78. The van der Waals surface area contributed by atoms with Gasteiger partial charge in [0.25, 0.3) is 0 Å². The fourth-order valence-corrected chi connectivity index (χ4v) is 1.55. The van der Waals surface area contributed by atoms with Crippen LogP contribution in [-0.2, 0) is 17.8 Å². The second kappa shape index (κ2) is 4.82. The SMILES string of the molecule is Cc1noc(C)c1CC(=O)NCc1cn[nH]c1. The lowest BCUT2D eigenvalue weighted by Gasteiger charge is -2.02. The van der Waals surface area contributed by atoms with E-state index in [1.807, 2.05) is 6.92 Å². The Balaban J connectivity index is 1.89. The molecule has 0 radical (unpaired) electrons. The lowest BCUT2D eigenvalue weighted by molar-refractivity contribution is -0.120. The van der Waals surface area contributed by atoms with E-state index < -0.39 is 0 Å². The Kier molecular flexibility index (Phi) is 3.22. The molecule has 0 unspecified atom stereocenters. The lowest BCUT2D eigenvalue weighted by Crippen LogP contribution is -2.24. The molecule has 6 nitrogen and oxygen atoms in total. The Morgan fingerprint density at radius 2 is 2.35 bits per heavy atom. The van der Waals surface area contributed by atoms with Gasteiger partial charge < -0.3 is 9.84 Å². The van der Waals surface area contributed by atoms with Crippen molar-refractivity contribution in [1.29, 1.82) is 0 Å². The van der Waals surface area contributed by atoms with Crippen LogP contribution in [0.4, 0.5) is 0 Å². The quantitative estimate of drug-likeness (QED) is 0.822. The van der Waals surface area contributed by atoms with E-state index in [-0.39, 0.29) is 5.91 Å². The van der Waals surface area contributed by atoms with Crippen LogP contribution in [0.3, 0.4) is 0 Å². The van der Waals surface area contributed by atoms with E-state index in [1.165, 1.54) is 0 Å². The van der Waals surface area contributed by atoms with Crippen LogP contribution in [0.25, 0.3) is 0 Å². The Bertz CT molecular complexity index is 482. The Labute approximate surface area is 98.4 Å². The highest BCUT2D eigenvalue weighted by atomic mass is 16.5. The molecular weight excluding hydrogens is 220 g/mol. The van der Waals surface area contributed by atoms with Crippen LogP contribution >= 0.6 is 0 Å². The number of nitrogens with zero attached hydrogens (tertiary/aromatic N) is 2. The number of amides is 1. The van der Waals surface area contributed by atoms with E-state index >= 15 is 0 Å². The number of hydrogen-bond acceptors (Lipinski definition) is 4. The van der Waals surface area contributed by atoms with Crippen molar-refractivity contribution in [2.24, 2.45) is 0 Å². The zero-order valence-corrected chi connectivity index (χ0v) is 9.78. The number of H-pyrrole nitrogens is 1. The van der Waals surface area contributed by atoms with Crippen molar-refractivity contribution in [3.63, 3.8) is 0 Å². The molecule has 2 aromatic heterocycles. The third kappa shape index (κ3) is 2.72. The van der Waals surface area contributed by atoms with Gasteiger partial charge >= 0.3 is 0 Å². The van der Waals surface area contributed by atoms with Crippen molar-refractivity contribution >= 4 is 5.91 Å². The molecule has 1 amide bonds. The number of nitrogens with one attached hydrogen (secondary N) is 2. The second-order valence-electron chi connectivity index (χ2n) is 3.86. The van der Waals surface area contributed by atoms with Crippen LogP contribution in [0.15, 0.2) is 16.9 Å². The number of rotatable bonds is 4. The molecule has 17 heavy (non-hydrogen) atoms. The van der Waals surface area contributed by atoms with Crippen molar-refractivity contribution in [1.82, 2.24) is 20.7 Å². The highest BCUT2D eigenvalue weighted by Gasteiger charge is 2.13. The van der Waals surface area contributed by atoms with Gasteiger partial charge in [0.15, 0.2) is 0 Å². The molecule has 0 aliphatic carbocycles. The van der Waals surface area contributed by atoms with Crippen LogP contribution in [-0.4, -0.2) is 21.3 Å². The van der Waals surface area contributed by atoms with Gasteiger partial charge in [-0.2, -0.15) is 5.10 Å². The lowest BCUT2D eigenvalue weighted by atomic mass is 10.1. The number of hydrogen-bond donors (Lipinski definition) is 2. The van der Waals surface area contributed by atoms with Crippen molar-refractivity contribution in [3.8, 4) is 0 Å². The zero-order chi connectivity index (χ0) is 12.3. The molecule has 2 rings (SSSR count). The fourth-order valence-electron chi connectivity index (χ4n) is 1.55. The van der Waals surface area contributed by atoms with Gasteiger partial charge in [0.1, 0.15) is 5.76 Å². The summed E-state index contributed by atoms with van der Waals surface area (Å²) in [6.07, 6.45) is 3.71. The van der Waals surface area contributed by atoms with Gasteiger partial charge in [0.2, 0.25) is 5.91 Å². The minimum atomic E-state index is -0.0550. The second-order valence-corrected chi connectivity index (χ2v) is 3.86. The zero-order valence-electron chi connectivity index (χ0n) is 9.78. The first kappa shape index (κ1) is 11.4. The minimum Gasteiger partial charge on any atom is -0.361 e. The van der Waals surface area contributed by atoms with Gasteiger partial charge in [-0.3, -0.25) is 9.89 Å². The third-order valence-electron chi connectivity index (χ3n) is 2.56. The van der Waals surface area contributed by atoms with Crippen LogP contribution < -0.4 is 5.32 Å². The van der Waals surface area contributed by atoms with Crippen LogP contribution in [0.1, 0.15) is 22.6 Å². The number of aromatic amines is 1. The van der Waals surface area contributed by atoms with Crippen molar-refractivity contribution in [2.75, 3.05) is 0 Å². The first-order valence-corrected chi connectivity index (χ1v) is 5.33. The van der Waals surface area contributed by atoms with Crippen LogP contribution in [0.2, 0.25) is 0 Å². The van der Waals surface area contributed by atoms with Crippen molar-refractivity contribution in [2.45, 2.75) is 26.8 Å². The molecule has 0 bridgehead atoms. The van der Waals surface area contributed by atoms with E-state index in [9.17, 15) is 4.79 Å². The fraction of sp³-hybridized carbons (Fsp3) is 0.364. The number of aryl methyl sites for hydroxylation is 2. The molecule has 90 valence electrons. The predicted molar refractivity (Wildman–Crippen MR) is 60.1 cm³/mol. The molecule has 2 N–H and O–H groups in total. The summed E-state index contributed by atoms with van der Waals surface area (Å²) in [5, 5.41) is 13.1. The monoisotopic (exact) mass is 234 g/mol. The van der Waals surface area contributed by atoms with Crippen LogP contribution in [0, 0.1) is 13.8 Å². The number of carbonyl (C=O) groups excluding carboxylic acids is 1. The molecular formula is C11H14N4O2. The molecule has 2 aromatic rings. The van der Waals surface area contributed by atoms with E-state index in [4.69, 9.17) is 4.52 Å². The standard InChI is InChI=1S/C11H14N4O2/c1-7-10(8(2)17-15-7)3-11(16)12-4-9-5-13-14-6-9/h5-6H,3-4H2,1-2H3,(H,12,16)(H,13,14). The Morgan fingerprint density at radius 1 is 1.53 bits per heavy atom. The maximum Gasteiger partial charge on any atom is 0.224 e. The topological polar surface area (TPSA) is 83.8 Å². The summed E-state index contributed by atoms with van der Waals surface area (Å²) in [5.41, 5.74) is 2.56. The molecule has 0 saturated heterocycles. The maximum atomic E-state index is 11.7. The highest BCUT2D eigenvalue weighted by Crippen LogP contribution is 2.12. The van der Waals surface area contributed by atoms with Gasteiger partial charge in [-0.25, -0.2) is 0 Å². The van der Waals surface area contributed by atoms with E-state index in [0.717, 1.165) is 16.8 Å². The summed E-state index contributed by atoms with van der Waals surface area (Å²) < 4.78 is 5.00. The number of carbonyl (C=O) groups is 1. The Morgan fingerprint density at radius 3 is 2.94 bits per heavy atom. The molecule has 0 spiro atoms. The molecule has 0 fully saturated rings. The van der Waals surface area contributed by atoms with E-state index in [0.29, 0.717) is 18.7 Å². The van der Waals surface area contributed by atoms with Gasteiger partial charge in [0.05, 0.1) is 18.3 Å². The molecule has 0 saturated carbocycles. The van der Waals surface area contributed by atoms with E-state index in [1.54, 1.807) is 19.3 Å². The molecule has 0 aliphatic heterocycles. The van der Waals surface area contributed by atoms with Gasteiger partial charge in [-0.05, 0) is 13.8 Å². The minimum absolute atomic E-state index is 0.0550.